The largest absolute Gasteiger partial charge is 0.350 e. The van der Waals surface area contributed by atoms with E-state index in [1.807, 2.05) is 12.3 Å². The Bertz CT molecular complexity index is 1040. The second-order valence-corrected chi connectivity index (χ2v) is 8.53. The second-order valence-electron chi connectivity index (χ2n) is 8.53. The molecule has 0 saturated heterocycles. The fraction of sp³-hybridized carbons (Fsp3) is 0.385. The molecule has 1 fully saturated rings. The molecule has 4 heteroatoms. The number of hydrogen-bond donors (Lipinski definition) is 1. The Labute approximate surface area is 179 Å². The zero-order valence-corrected chi connectivity index (χ0v) is 18.0. The van der Waals surface area contributed by atoms with Gasteiger partial charge in [0.05, 0.1) is 11.4 Å². The molecule has 1 aliphatic rings. The number of benzene rings is 1. The van der Waals surface area contributed by atoms with Gasteiger partial charge in [0, 0.05) is 23.9 Å². The highest BCUT2D eigenvalue weighted by Gasteiger charge is 2.15. The van der Waals surface area contributed by atoms with Crippen LogP contribution in [0, 0.1) is 13.8 Å². The molecule has 30 heavy (non-hydrogen) atoms. The predicted molar refractivity (Wildman–Crippen MR) is 123 cm³/mol. The number of nitrogens with one attached hydrogen (secondary N) is 1. The second kappa shape index (κ2) is 9.29. The minimum atomic E-state index is -0.0162. The third-order valence-corrected chi connectivity index (χ3v) is 5.99. The minimum absolute atomic E-state index is 0.0162. The molecule has 1 amide bonds. The van der Waals surface area contributed by atoms with Crippen molar-refractivity contribution >= 4 is 17.6 Å². The van der Waals surface area contributed by atoms with Crippen molar-refractivity contribution in [2.24, 2.45) is 0 Å². The number of nitrogens with zero attached hydrogens (tertiary/aromatic N) is 2. The fourth-order valence-electron chi connectivity index (χ4n) is 4.25. The SMILES string of the molecule is Cc1ccc(-c2nc3cc(C)ccn3c2/C=C/C(=O)NC2CCCCCCC2)cc1. The van der Waals surface area contributed by atoms with Crippen LogP contribution in [0.15, 0.2) is 48.7 Å². The van der Waals surface area contributed by atoms with Crippen LogP contribution in [0.25, 0.3) is 23.0 Å². The monoisotopic (exact) mass is 401 g/mol. The third kappa shape index (κ3) is 4.81. The molecule has 0 bridgehead atoms. The van der Waals surface area contributed by atoms with Gasteiger partial charge in [-0.3, -0.25) is 9.20 Å². The van der Waals surface area contributed by atoms with E-state index in [4.69, 9.17) is 4.98 Å². The van der Waals surface area contributed by atoms with Crippen molar-refractivity contribution in [1.82, 2.24) is 14.7 Å². The lowest BCUT2D eigenvalue weighted by Crippen LogP contribution is -2.34. The van der Waals surface area contributed by atoms with Gasteiger partial charge in [-0.2, -0.15) is 0 Å². The van der Waals surface area contributed by atoms with E-state index in [2.05, 4.69) is 60.0 Å². The average molecular weight is 402 g/mol. The van der Waals surface area contributed by atoms with E-state index < -0.39 is 0 Å². The molecule has 3 aromatic rings. The van der Waals surface area contributed by atoms with Crippen molar-refractivity contribution in [3.05, 3.63) is 65.5 Å². The van der Waals surface area contributed by atoms with Gasteiger partial charge in [-0.05, 0) is 50.5 Å². The number of amides is 1. The first kappa shape index (κ1) is 20.4. The summed E-state index contributed by atoms with van der Waals surface area (Å²) in [6.45, 7) is 4.15. The van der Waals surface area contributed by atoms with E-state index >= 15 is 0 Å². The number of imidazole rings is 1. The fourth-order valence-corrected chi connectivity index (χ4v) is 4.25. The molecule has 4 nitrogen and oxygen atoms in total. The molecule has 156 valence electrons. The number of rotatable bonds is 4. The van der Waals surface area contributed by atoms with Crippen molar-refractivity contribution in [3.63, 3.8) is 0 Å². The summed E-state index contributed by atoms with van der Waals surface area (Å²) in [5.41, 5.74) is 6.17. The zero-order chi connectivity index (χ0) is 20.9. The van der Waals surface area contributed by atoms with Gasteiger partial charge in [0.25, 0.3) is 0 Å². The molecule has 0 radical (unpaired) electrons. The quantitative estimate of drug-likeness (QED) is 0.557. The Balaban J connectivity index is 1.61. The number of aryl methyl sites for hydroxylation is 2. The Morgan fingerprint density at radius 2 is 1.70 bits per heavy atom. The Morgan fingerprint density at radius 1 is 1.00 bits per heavy atom. The van der Waals surface area contributed by atoms with Crippen molar-refractivity contribution in [3.8, 4) is 11.3 Å². The van der Waals surface area contributed by atoms with Crippen LogP contribution >= 0.6 is 0 Å². The number of aromatic nitrogens is 2. The summed E-state index contributed by atoms with van der Waals surface area (Å²) in [5.74, 6) is -0.0162. The Kier molecular flexibility index (Phi) is 6.32. The smallest absolute Gasteiger partial charge is 0.244 e. The molecule has 1 saturated carbocycles. The van der Waals surface area contributed by atoms with Gasteiger partial charge >= 0.3 is 0 Å². The van der Waals surface area contributed by atoms with Crippen molar-refractivity contribution in [1.29, 1.82) is 0 Å². The van der Waals surface area contributed by atoms with Crippen molar-refractivity contribution in [2.45, 2.75) is 64.8 Å². The standard InChI is InChI=1S/C26H31N3O/c1-19-10-12-21(13-11-19)26-23(29-17-16-20(2)18-24(29)28-26)14-15-25(30)27-22-8-6-4-3-5-7-9-22/h10-18,22H,3-9H2,1-2H3,(H,27,30)/b15-14+. The molecule has 0 aliphatic heterocycles. The predicted octanol–water partition coefficient (Wildman–Crippen LogP) is 5.86. The topological polar surface area (TPSA) is 46.4 Å². The van der Waals surface area contributed by atoms with Crippen LogP contribution in [0.1, 0.15) is 61.8 Å². The highest BCUT2D eigenvalue weighted by atomic mass is 16.1. The van der Waals surface area contributed by atoms with Crippen LogP contribution in [0.3, 0.4) is 0 Å². The van der Waals surface area contributed by atoms with Crippen LogP contribution < -0.4 is 5.32 Å². The summed E-state index contributed by atoms with van der Waals surface area (Å²) in [4.78, 5) is 17.5. The lowest BCUT2D eigenvalue weighted by Gasteiger charge is -2.20. The molecular weight excluding hydrogens is 370 g/mol. The lowest BCUT2D eigenvalue weighted by molar-refractivity contribution is -0.117. The maximum atomic E-state index is 12.7. The Morgan fingerprint density at radius 3 is 2.43 bits per heavy atom. The number of fused-ring (bicyclic) bond motifs is 1. The summed E-state index contributed by atoms with van der Waals surface area (Å²) in [6, 6.07) is 12.8. The van der Waals surface area contributed by atoms with E-state index in [1.54, 1.807) is 6.08 Å². The molecule has 0 spiro atoms. The van der Waals surface area contributed by atoms with Gasteiger partial charge in [-0.25, -0.2) is 4.98 Å². The van der Waals surface area contributed by atoms with Crippen LogP contribution in [-0.2, 0) is 4.79 Å². The first-order chi connectivity index (χ1) is 14.6. The third-order valence-electron chi connectivity index (χ3n) is 5.99. The van der Waals surface area contributed by atoms with E-state index in [-0.39, 0.29) is 5.91 Å². The molecule has 2 aromatic heterocycles. The first-order valence-corrected chi connectivity index (χ1v) is 11.1. The van der Waals surface area contributed by atoms with E-state index in [0.717, 1.165) is 35.4 Å². The van der Waals surface area contributed by atoms with Gasteiger partial charge in [0.2, 0.25) is 5.91 Å². The van der Waals surface area contributed by atoms with Crippen molar-refractivity contribution < 1.29 is 4.79 Å². The normalized spacial score (nSPS) is 15.9. The summed E-state index contributed by atoms with van der Waals surface area (Å²) in [5, 5.41) is 3.22. The summed E-state index contributed by atoms with van der Waals surface area (Å²) < 4.78 is 2.06. The maximum Gasteiger partial charge on any atom is 0.244 e. The number of hydrogen-bond acceptors (Lipinski definition) is 2. The highest BCUT2D eigenvalue weighted by molar-refractivity contribution is 5.93. The summed E-state index contributed by atoms with van der Waals surface area (Å²) in [6.07, 6.45) is 14.1. The van der Waals surface area contributed by atoms with E-state index in [1.165, 1.54) is 43.2 Å². The van der Waals surface area contributed by atoms with Gasteiger partial charge in [0.1, 0.15) is 5.65 Å². The highest BCUT2D eigenvalue weighted by Crippen LogP contribution is 2.26. The summed E-state index contributed by atoms with van der Waals surface area (Å²) in [7, 11) is 0. The molecule has 1 aromatic carbocycles. The van der Waals surface area contributed by atoms with E-state index in [9.17, 15) is 4.79 Å². The first-order valence-electron chi connectivity index (χ1n) is 11.1. The minimum Gasteiger partial charge on any atom is -0.350 e. The molecule has 0 atom stereocenters. The Hall–Kier alpha value is -2.88. The molecule has 1 aliphatic carbocycles. The molecule has 2 heterocycles. The number of carbonyl (C=O) groups is 1. The molecule has 4 rings (SSSR count). The number of carbonyl (C=O) groups excluding carboxylic acids is 1. The van der Waals surface area contributed by atoms with Crippen LogP contribution in [0.4, 0.5) is 0 Å². The zero-order valence-electron chi connectivity index (χ0n) is 18.0. The molecule has 1 N–H and O–H groups in total. The van der Waals surface area contributed by atoms with Gasteiger partial charge in [-0.1, -0.05) is 61.9 Å². The summed E-state index contributed by atoms with van der Waals surface area (Å²) >= 11 is 0. The van der Waals surface area contributed by atoms with Crippen molar-refractivity contribution in [2.75, 3.05) is 0 Å². The number of pyridine rings is 1. The van der Waals surface area contributed by atoms with Crippen LogP contribution in [0.5, 0.6) is 0 Å². The maximum absolute atomic E-state index is 12.7. The van der Waals surface area contributed by atoms with Crippen LogP contribution in [0.2, 0.25) is 0 Å². The van der Waals surface area contributed by atoms with Crippen LogP contribution in [-0.4, -0.2) is 21.3 Å². The lowest BCUT2D eigenvalue weighted by atomic mass is 9.97. The van der Waals surface area contributed by atoms with Gasteiger partial charge in [0.15, 0.2) is 0 Å². The van der Waals surface area contributed by atoms with E-state index in [0.29, 0.717) is 6.04 Å². The van der Waals surface area contributed by atoms with Gasteiger partial charge in [-0.15, -0.1) is 0 Å². The average Bonchev–Trinajstić information content (AvgIpc) is 3.06. The molecule has 0 unspecified atom stereocenters. The molecular formula is C26H31N3O. The van der Waals surface area contributed by atoms with Gasteiger partial charge < -0.3 is 5.32 Å².